The monoisotopic (exact) mass is 269 g/mol. The van der Waals surface area contributed by atoms with Gasteiger partial charge in [-0.15, -0.1) is 11.8 Å². The fourth-order valence-corrected chi connectivity index (χ4v) is 1.85. The van der Waals surface area contributed by atoms with Crippen LogP contribution in [-0.4, -0.2) is 23.7 Å². The minimum absolute atomic E-state index is 0.0396. The molecule has 0 aliphatic rings. The SMILES string of the molecule is CC(CO)C(C)NC(=O)/C=C/SCc1ccco1. The molecule has 5 heteroatoms. The summed E-state index contributed by atoms with van der Waals surface area (Å²) in [5, 5.41) is 13.5. The van der Waals surface area contributed by atoms with Crippen LogP contribution >= 0.6 is 11.8 Å². The Morgan fingerprint density at radius 2 is 2.39 bits per heavy atom. The smallest absolute Gasteiger partial charge is 0.244 e. The number of carbonyl (C=O) groups excluding carboxylic acids is 1. The van der Waals surface area contributed by atoms with Crippen molar-refractivity contribution in [3.05, 3.63) is 35.6 Å². The molecule has 0 saturated carbocycles. The summed E-state index contributed by atoms with van der Waals surface area (Å²) in [6, 6.07) is 3.69. The molecule has 0 spiro atoms. The maximum Gasteiger partial charge on any atom is 0.244 e. The Labute approximate surface area is 111 Å². The summed E-state index contributed by atoms with van der Waals surface area (Å²) in [7, 11) is 0. The Balaban J connectivity index is 2.23. The van der Waals surface area contributed by atoms with Crippen LogP contribution in [0.5, 0.6) is 0 Å². The molecular weight excluding hydrogens is 250 g/mol. The van der Waals surface area contributed by atoms with Gasteiger partial charge in [0.05, 0.1) is 12.0 Å². The summed E-state index contributed by atoms with van der Waals surface area (Å²) in [5.74, 6) is 1.50. The van der Waals surface area contributed by atoms with Gasteiger partial charge in [0.15, 0.2) is 0 Å². The summed E-state index contributed by atoms with van der Waals surface area (Å²) in [6.07, 6.45) is 3.12. The molecule has 2 unspecified atom stereocenters. The number of nitrogens with one attached hydrogen (secondary N) is 1. The molecule has 0 bridgehead atoms. The second kappa shape index (κ2) is 8.00. The summed E-state index contributed by atoms with van der Waals surface area (Å²) in [6.45, 7) is 3.83. The van der Waals surface area contributed by atoms with Gasteiger partial charge >= 0.3 is 0 Å². The number of carbonyl (C=O) groups is 1. The second-order valence-electron chi connectivity index (χ2n) is 4.15. The zero-order valence-corrected chi connectivity index (χ0v) is 11.4. The van der Waals surface area contributed by atoms with Crippen LogP contribution in [0.25, 0.3) is 0 Å². The molecular formula is C13H19NO3S. The zero-order chi connectivity index (χ0) is 13.4. The number of rotatable bonds is 7. The maximum absolute atomic E-state index is 11.5. The summed E-state index contributed by atoms with van der Waals surface area (Å²) in [5.41, 5.74) is 0. The number of furan rings is 1. The average molecular weight is 269 g/mol. The lowest BCUT2D eigenvalue weighted by Gasteiger charge is -2.17. The molecule has 100 valence electrons. The van der Waals surface area contributed by atoms with Gasteiger partial charge in [-0.2, -0.15) is 0 Å². The second-order valence-corrected chi connectivity index (χ2v) is 5.04. The molecule has 0 aliphatic carbocycles. The van der Waals surface area contributed by atoms with Crippen molar-refractivity contribution in [1.29, 1.82) is 0 Å². The van der Waals surface area contributed by atoms with Gasteiger partial charge in [-0.05, 0) is 30.4 Å². The van der Waals surface area contributed by atoms with E-state index in [2.05, 4.69) is 5.32 Å². The van der Waals surface area contributed by atoms with Crippen molar-refractivity contribution < 1.29 is 14.3 Å². The zero-order valence-electron chi connectivity index (χ0n) is 10.6. The summed E-state index contributed by atoms with van der Waals surface area (Å²) in [4.78, 5) is 11.5. The lowest BCUT2D eigenvalue weighted by Crippen LogP contribution is -2.37. The minimum Gasteiger partial charge on any atom is -0.468 e. The van der Waals surface area contributed by atoms with E-state index in [1.165, 1.54) is 17.8 Å². The van der Waals surface area contributed by atoms with Crippen LogP contribution in [-0.2, 0) is 10.5 Å². The molecule has 1 aromatic heterocycles. The van der Waals surface area contributed by atoms with E-state index in [-0.39, 0.29) is 24.5 Å². The quantitative estimate of drug-likeness (QED) is 0.745. The Bertz CT molecular complexity index is 376. The van der Waals surface area contributed by atoms with Crippen molar-refractivity contribution in [2.45, 2.75) is 25.6 Å². The molecule has 4 nitrogen and oxygen atoms in total. The summed E-state index contributed by atoms with van der Waals surface area (Å²) < 4.78 is 5.17. The van der Waals surface area contributed by atoms with Crippen LogP contribution in [0.15, 0.2) is 34.3 Å². The number of thioether (sulfide) groups is 1. The molecule has 0 aromatic carbocycles. The van der Waals surface area contributed by atoms with Crippen LogP contribution in [0.3, 0.4) is 0 Å². The van der Waals surface area contributed by atoms with E-state index in [0.29, 0.717) is 5.75 Å². The lowest BCUT2D eigenvalue weighted by atomic mass is 10.1. The third kappa shape index (κ3) is 5.42. The predicted octanol–water partition coefficient (Wildman–Crippen LogP) is 2.16. The van der Waals surface area contributed by atoms with Gasteiger partial charge in [-0.1, -0.05) is 6.92 Å². The Kier molecular flexibility index (Phi) is 6.60. The average Bonchev–Trinajstić information content (AvgIpc) is 2.86. The molecule has 2 atom stereocenters. The van der Waals surface area contributed by atoms with Crippen molar-refractivity contribution in [1.82, 2.24) is 5.32 Å². The third-order valence-electron chi connectivity index (χ3n) is 2.63. The minimum atomic E-state index is -0.144. The molecule has 18 heavy (non-hydrogen) atoms. The van der Waals surface area contributed by atoms with Crippen LogP contribution in [0.1, 0.15) is 19.6 Å². The topological polar surface area (TPSA) is 62.5 Å². The highest BCUT2D eigenvalue weighted by Gasteiger charge is 2.11. The fraction of sp³-hybridized carbons (Fsp3) is 0.462. The molecule has 1 heterocycles. The van der Waals surface area contributed by atoms with Crippen molar-refractivity contribution in [3.8, 4) is 0 Å². The van der Waals surface area contributed by atoms with Crippen molar-refractivity contribution in [2.24, 2.45) is 5.92 Å². The maximum atomic E-state index is 11.5. The van der Waals surface area contributed by atoms with E-state index >= 15 is 0 Å². The third-order valence-corrected chi connectivity index (χ3v) is 3.41. The molecule has 2 N–H and O–H groups in total. The first-order chi connectivity index (χ1) is 8.63. The van der Waals surface area contributed by atoms with Gasteiger partial charge in [-0.25, -0.2) is 0 Å². The van der Waals surface area contributed by atoms with Crippen molar-refractivity contribution in [2.75, 3.05) is 6.61 Å². The molecule has 1 rings (SSSR count). The van der Waals surface area contributed by atoms with Gasteiger partial charge in [0.25, 0.3) is 0 Å². The van der Waals surface area contributed by atoms with E-state index in [9.17, 15) is 4.79 Å². The Morgan fingerprint density at radius 3 is 3.00 bits per heavy atom. The van der Waals surface area contributed by atoms with E-state index in [4.69, 9.17) is 9.52 Å². The van der Waals surface area contributed by atoms with Crippen LogP contribution in [0.4, 0.5) is 0 Å². The molecule has 0 fully saturated rings. The molecule has 1 amide bonds. The van der Waals surface area contributed by atoms with E-state index < -0.39 is 0 Å². The van der Waals surface area contributed by atoms with Gasteiger partial charge < -0.3 is 14.8 Å². The lowest BCUT2D eigenvalue weighted by molar-refractivity contribution is -0.117. The van der Waals surface area contributed by atoms with Gasteiger partial charge in [0.1, 0.15) is 5.76 Å². The normalized spacial score (nSPS) is 14.6. The largest absolute Gasteiger partial charge is 0.468 e. The van der Waals surface area contributed by atoms with E-state index in [1.807, 2.05) is 26.0 Å². The van der Waals surface area contributed by atoms with Gasteiger partial charge in [0.2, 0.25) is 5.91 Å². The van der Waals surface area contributed by atoms with Gasteiger partial charge in [0, 0.05) is 18.7 Å². The standard InChI is InChI=1S/C13H19NO3S/c1-10(8-15)11(2)14-13(16)5-7-18-9-12-4-3-6-17-12/h3-7,10-11,15H,8-9H2,1-2H3,(H,14,16)/b7-5+. The summed E-state index contributed by atoms with van der Waals surface area (Å²) >= 11 is 1.50. The first-order valence-corrected chi connectivity index (χ1v) is 6.90. The molecule has 0 aliphatic heterocycles. The highest BCUT2D eigenvalue weighted by atomic mass is 32.2. The number of aliphatic hydroxyl groups is 1. The molecule has 1 aromatic rings. The first kappa shape index (κ1) is 14.9. The van der Waals surface area contributed by atoms with Crippen LogP contribution in [0.2, 0.25) is 0 Å². The fourth-order valence-electron chi connectivity index (χ4n) is 1.21. The predicted molar refractivity (Wildman–Crippen MR) is 73.0 cm³/mol. The van der Waals surface area contributed by atoms with Crippen molar-refractivity contribution >= 4 is 17.7 Å². The number of aliphatic hydroxyl groups excluding tert-OH is 1. The molecule has 0 radical (unpaired) electrons. The first-order valence-electron chi connectivity index (χ1n) is 5.85. The number of hydrogen-bond acceptors (Lipinski definition) is 4. The highest BCUT2D eigenvalue weighted by molar-refractivity contribution is 8.01. The van der Waals surface area contributed by atoms with E-state index in [1.54, 1.807) is 11.7 Å². The Hall–Kier alpha value is -1.20. The van der Waals surface area contributed by atoms with E-state index in [0.717, 1.165) is 5.76 Å². The van der Waals surface area contributed by atoms with Crippen molar-refractivity contribution in [3.63, 3.8) is 0 Å². The highest BCUT2D eigenvalue weighted by Crippen LogP contribution is 2.13. The Morgan fingerprint density at radius 1 is 1.61 bits per heavy atom. The molecule has 0 saturated heterocycles. The van der Waals surface area contributed by atoms with Gasteiger partial charge in [-0.3, -0.25) is 4.79 Å². The van der Waals surface area contributed by atoms with Crippen LogP contribution < -0.4 is 5.32 Å². The number of hydrogen-bond donors (Lipinski definition) is 2. The van der Waals surface area contributed by atoms with Crippen LogP contribution in [0, 0.1) is 5.92 Å². The number of amides is 1.